The number of nitrogens with one attached hydrogen (secondary N) is 1. The zero-order chi connectivity index (χ0) is 14.6. The Balaban J connectivity index is 2.04. The van der Waals surface area contributed by atoms with Crippen LogP contribution in [0.3, 0.4) is 0 Å². The standard InChI is InChI=1S/C13H14FN3O2S/c14-12-9-11(15)1-2-13(12)20(18,19)17-8-5-10-3-6-16-7-4-10/h1-4,6-7,9,17H,5,8,15H2. The van der Waals surface area contributed by atoms with Gasteiger partial charge in [0.15, 0.2) is 0 Å². The predicted molar refractivity (Wildman–Crippen MR) is 73.9 cm³/mol. The first-order valence-electron chi connectivity index (χ1n) is 5.92. The molecule has 0 atom stereocenters. The Hall–Kier alpha value is -1.99. The van der Waals surface area contributed by atoms with Crippen LogP contribution in [0, 0.1) is 5.82 Å². The van der Waals surface area contributed by atoms with Crippen molar-refractivity contribution in [3.8, 4) is 0 Å². The van der Waals surface area contributed by atoms with E-state index in [1.54, 1.807) is 24.5 Å². The summed E-state index contributed by atoms with van der Waals surface area (Å²) in [4.78, 5) is 3.47. The van der Waals surface area contributed by atoms with Crippen LogP contribution in [0.1, 0.15) is 5.56 Å². The van der Waals surface area contributed by atoms with Gasteiger partial charge in [-0.05, 0) is 42.3 Å². The average Bonchev–Trinajstić information content (AvgIpc) is 2.39. The number of hydrogen-bond donors (Lipinski definition) is 2. The monoisotopic (exact) mass is 295 g/mol. The molecule has 0 amide bonds. The summed E-state index contributed by atoms with van der Waals surface area (Å²) in [5, 5.41) is 0. The van der Waals surface area contributed by atoms with Crippen molar-refractivity contribution in [1.82, 2.24) is 9.71 Å². The van der Waals surface area contributed by atoms with Gasteiger partial charge in [-0.1, -0.05) is 0 Å². The van der Waals surface area contributed by atoms with E-state index < -0.39 is 20.7 Å². The molecular formula is C13H14FN3O2S. The number of rotatable bonds is 5. The Bertz CT molecular complexity index is 690. The molecule has 0 unspecified atom stereocenters. The van der Waals surface area contributed by atoms with Crippen LogP contribution in [0.25, 0.3) is 0 Å². The van der Waals surface area contributed by atoms with Crippen molar-refractivity contribution in [1.29, 1.82) is 0 Å². The maximum atomic E-state index is 13.6. The number of aromatic nitrogens is 1. The maximum Gasteiger partial charge on any atom is 0.243 e. The van der Waals surface area contributed by atoms with Crippen LogP contribution in [0.2, 0.25) is 0 Å². The minimum atomic E-state index is -3.87. The third-order valence-electron chi connectivity index (χ3n) is 2.70. The minimum Gasteiger partial charge on any atom is -0.399 e. The summed E-state index contributed by atoms with van der Waals surface area (Å²) in [6, 6.07) is 7.06. The third-order valence-corrected chi connectivity index (χ3v) is 4.19. The molecule has 0 saturated heterocycles. The van der Waals surface area contributed by atoms with Gasteiger partial charge >= 0.3 is 0 Å². The van der Waals surface area contributed by atoms with Crippen molar-refractivity contribution in [2.75, 3.05) is 12.3 Å². The summed E-state index contributed by atoms with van der Waals surface area (Å²) in [6.07, 6.45) is 3.76. The van der Waals surface area contributed by atoms with Gasteiger partial charge in [0.1, 0.15) is 10.7 Å². The van der Waals surface area contributed by atoms with Crippen molar-refractivity contribution >= 4 is 15.7 Å². The molecule has 3 N–H and O–H groups in total. The number of halogens is 1. The largest absolute Gasteiger partial charge is 0.399 e. The summed E-state index contributed by atoms with van der Waals surface area (Å²) in [6.45, 7) is 0.177. The Morgan fingerprint density at radius 1 is 1.20 bits per heavy atom. The minimum absolute atomic E-state index is 0.177. The number of nitrogen functional groups attached to an aromatic ring is 1. The summed E-state index contributed by atoms with van der Waals surface area (Å²) in [7, 11) is -3.87. The van der Waals surface area contributed by atoms with E-state index in [-0.39, 0.29) is 12.2 Å². The van der Waals surface area contributed by atoms with E-state index in [1.165, 1.54) is 6.07 Å². The molecule has 7 heteroatoms. The highest BCUT2D eigenvalue weighted by atomic mass is 32.2. The number of hydrogen-bond acceptors (Lipinski definition) is 4. The van der Waals surface area contributed by atoms with Crippen LogP contribution < -0.4 is 10.5 Å². The topological polar surface area (TPSA) is 85.1 Å². The second kappa shape index (κ2) is 5.98. The molecule has 1 aromatic heterocycles. The van der Waals surface area contributed by atoms with Crippen LogP contribution >= 0.6 is 0 Å². The van der Waals surface area contributed by atoms with Gasteiger partial charge in [0.25, 0.3) is 0 Å². The first-order chi connectivity index (χ1) is 9.49. The van der Waals surface area contributed by atoms with Gasteiger partial charge in [0.05, 0.1) is 0 Å². The molecule has 0 aliphatic carbocycles. The van der Waals surface area contributed by atoms with Gasteiger partial charge in [-0.3, -0.25) is 4.98 Å². The lowest BCUT2D eigenvalue weighted by atomic mass is 10.2. The van der Waals surface area contributed by atoms with E-state index >= 15 is 0 Å². The van der Waals surface area contributed by atoms with Crippen LogP contribution in [0.15, 0.2) is 47.6 Å². The van der Waals surface area contributed by atoms with E-state index in [0.29, 0.717) is 6.42 Å². The van der Waals surface area contributed by atoms with Gasteiger partial charge in [-0.15, -0.1) is 0 Å². The van der Waals surface area contributed by atoms with Gasteiger partial charge in [0, 0.05) is 24.6 Å². The summed E-state index contributed by atoms with van der Waals surface area (Å²) < 4.78 is 39.8. The first kappa shape index (κ1) is 14.4. The number of benzene rings is 1. The Kier molecular flexibility index (Phi) is 4.31. The average molecular weight is 295 g/mol. The Morgan fingerprint density at radius 2 is 1.90 bits per heavy atom. The van der Waals surface area contributed by atoms with Crippen LogP contribution in [-0.2, 0) is 16.4 Å². The summed E-state index contributed by atoms with van der Waals surface area (Å²) >= 11 is 0. The lowest BCUT2D eigenvalue weighted by Gasteiger charge is -2.08. The molecule has 0 radical (unpaired) electrons. The molecule has 1 heterocycles. The van der Waals surface area contributed by atoms with Gasteiger partial charge in [-0.2, -0.15) is 0 Å². The van der Waals surface area contributed by atoms with Crippen molar-refractivity contribution < 1.29 is 12.8 Å². The third kappa shape index (κ3) is 3.52. The molecule has 0 aliphatic rings. The Labute approximate surface area is 116 Å². The highest BCUT2D eigenvalue weighted by Gasteiger charge is 2.18. The zero-order valence-corrected chi connectivity index (χ0v) is 11.4. The second-order valence-corrected chi connectivity index (χ2v) is 5.93. The predicted octanol–water partition coefficient (Wildman–Crippen LogP) is 1.32. The number of anilines is 1. The molecule has 0 saturated carbocycles. The molecular weight excluding hydrogens is 281 g/mol. The molecule has 0 bridgehead atoms. The number of pyridine rings is 1. The quantitative estimate of drug-likeness (QED) is 0.815. The van der Waals surface area contributed by atoms with E-state index in [1.807, 2.05) is 0 Å². The van der Waals surface area contributed by atoms with E-state index in [4.69, 9.17) is 5.73 Å². The highest BCUT2D eigenvalue weighted by molar-refractivity contribution is 7.89. The summed E-state index contributed by atoms with van der Waals surface area (Å²) in [5.74, 6) is -0.860. The molecule has 20 heavy (non-hydrogen) atoms. The van der Waals surface area contributed by atoms with Crippen molar-refractivity contribution in [3.63, 3.8) is 0 Å². The molecule has 1 aromatic carbocycles. The molecule has 0 fully saturated rings. The summed E-state index contributed by atoms with van der Waals surface area (Å²) in [5.41, 5.74) is 6.51. The van der Waals surface area contributed by atoms with Crippen molar-refractivity contribution in [2.45, 2.75) is 11.3 Å². The number of nitrogens with two attached hydrogens (primary N) is 1. The van der Waals surface area contributed by atoms with E-state index in [2.05, 4.69) is 9.71 Å². The molecule has 0 aliphatic heterocycles. The molecule has 5 nitrogen and oxygen atoms in total. The molecule has 0 spiro atoms. The van der Waals surface area contributed by atoms with Gasteiger partial charge in [0.2, 0.25) is 10.0 Å². The fourth-order valence-electron chi connectivity index (χ4n) is 1.69. The normalized spacial score (nSPS) is 11.4. The highest BCUT2D eigenvalue weighted by Crippen LogP contribution is 2.16. The van der Waals surface area contributed by atoms with Crippen molar-refractivity contribution in [3.05, 3.63) is 54.1 Å². The van der Waals surface area contributed by atoms with Crippen LogP contribution in [-0.4, -0.2) is 19.9 Å². The van der Waals surface area contributed by atoms with Crippen LogP contribution in [0.5, 0.6) is 0 Å². The molecule has 2 rings (SSSR count). The first-order valence-corrected chi connectivity index (χ1v) is 7.41. The van der Waals surface area contributed by atoms with E-state index in [9.17, 15) is 12.8 Å². The van der Waals surface area contributed by atoms with E-state index in [0.717, 1.165) is 17.7 Å². The SMILES string of the molecule is Nc1ccc(S(=O)(=O)NCCc2ccncc2)c(F)c1. The zero-order valence-electron chi connectivity index (χ0n) is 10.6. The smallest absolute Gasteiger partial charge is 0.243 e. The number of sulfonamides is 1. The van der Waals surface area contributed by atoms with Crippen molar-refractivity contribution in [2.24, 2.45) is 0 Å². The second-order valence-electron chi connectivity index (χ2n) is 4.19. The van der Waals surface area contributed by atoms with Crippen LogP contribution in [0.4, 0.5) is 10.1 Å². The fraction of sp³-hybridized carbons (Fsp3) is 0.154. The number of nitrogens with zero attached hydrogens (tertiary/aromatic N) is 1. The lowest BCUT2D eigenvalue weighted by Crippen LogP contribution is -2.26. The Morgan fingerprint density at radius 3 is 2.55 bits per heavy atom. The van der Waals surface area contributed by atoms with Gasteiger partial charge in [-0.25, -0.2) is 17.5 Å². The fourth-order valence-corrected chi connectivity index (χ4v) is 2.78. The van der Waals surface area contributed by atoms with Gasteiger partial charge < -0.3 is 5.73 Å². The molecule has 106 valence electrons. The maximum absolute atomic E-state index is 13.6. The molecule has 2 aromatic rings. The lowest BCUT2D eigenvalue weighted by molar-refractivity contribution is 0.557.